The molecule has 1 N–H and O–H groups in total. The normalized spacial score (nSPS) is 10.1. The van der Waals surface area contributed by atoms with Crippen LogP contribution in [-0.4, -0.2) is 22.8 Å². The number of H-pyrrole nitrogens is 1. The summed E-state index contributed by atoms with van der Waals surface area (Å²) in [5.41, 5.74) is -0.215. The number of carbonyl (C=O) groups excluding carboxylic acids is 1. The highest BCUT2D eigenvalue weighted by Gasteiger charge is 2.19. The van der Waals surface area contributed by atoms with Crippen molar-refractivity contribution in [2.45, 2.75) is 20.3 Å². The van der Waals surface area contributed by atoms with Gasteiger partial charge in [-0.15, -0.1) is 0 Å². The van der Waals surface area contributed by atoms with Crippen molar-refractivity contribution in [3.05, 3.63) is 26.6 Å². The van der Waals surface area contributed by atoms with E-state index in [2.05, 4.69) is 10.2 Å². The van der Waals surface area contributed by atoms with Gasteiger partial charge in [0.05, 0.1) is 6.61 Å². The quantitative estimate of drug-likeness (QED) is 0.791. The summed E-state index contributed by atoms with van der Waals surface area (Å²) in [6, 6.07) is 0. The van der Waals surface area contributed by atoms with Gasteiger partial charge >= 0.3 is 5.97 Å². The third-order valence-corrected chi connectivity index (χ3v) is 2.18. The van der Waals surface area contributed by atoms with Crippen molar-refractivity contribution in [2.75, 3.05) is 6.61 Å². The molecule has 0 radical (unpaired) electrons. The molecule has 6 heteroatoms. The van der Waals surface area contributed by atoms with Crippen LogP contribution >= 0.6 is 11.6 Å². The molecule has 0 bridgehead atoms. The van der Waals surface area contributed by atoms with E-state index in [9.17, 15) is 9.59 Å². The Labute approximate surface area is 91.4 Å². The van der Waals surface area contributed by atoms with E-state index in [0.717, 1.165) is 0 Å². The van der Waals surface area contributed by atoms with E-state index in [4.69, 9.17) is 16.3 Å². The predicted molar refractivity (Wildman–Crippen MR) is 55.2 cm³/mol. The molecule has 15 heavy (non-hydrogen) atoms. The van der Waals surface area contributed by atoms with Gasteiger partial charge in [-0.3, -0.25) is 4.79 Å². The summed E-state index contributed by atoms with van der Waals surface area (Å²) in [5, 5.41) is 5.84. The van der Waals surface area contributed by atoms with Gasteiger partial charge in [0.25, 0.3) is 5.56 Å². The van der Waals surface area contributed by atoms with Gasteiger partial charge in [-0.1, -0.05) is 18.5 Å². The Morgan fingerprint density at radius 1 is 1.53 bits per heavy atom. The average molecular weight is 231 g/mol. The zero-order valence-electron chi connectivity index (χ0n) is 8.46. The highest BCUT2D eigenvalue weighted by atomic mass is 35.5. The second kappa shape index (κ2) is 4.93. The lowest BCUT2D eigenvalue weighted by Crippen LogP contribution is -2.23. The molecule has 0 spiro atoms. The Kier molecular flexibility index (Phi) is 3.85. The van der Waals surface area contributed by atoms with Crippen molar-refractivity contribution in [3.8, 4) is 0 Å². The van der Waals surface area contributed by atoms with Crippen LogP contribution in [0.5, 0.6) is 0 Å². The van der Waals surface area contributed by atoms with Crippen molar-refractivity contribution < 1.29 is 9.53 Å². The first kappa shape index (κ1) is 11.7. The molecule has 0 fully saturated rings. The minimum absolute atomic E-state index is 0.0562. The van der Waals surface area contributed by atoms with E-state index in [-0.39, 0.29) is 17.3 Å². The summed E-state index contributed by atoms with van der Waals surface area (Å²) >= 11 is 5.76. The zero-order valence-corrected chi connectivity index (χ0v) is 9.22. The summed E-state index contributed by atoms with van der Waals surface area (Å²) in [5.74, 6) is -0.667. The van der Waals surface area contributed by atoms with Gasteiger partial charge in [0.1, 0.15) is 5.56 Å². The number of halogens is 1. The maximum Gasteiger partial charge on any atom is 0.344 e. The minimum Gasteiger partial charge on any atom is -0.462 e. The van der Waals surface area contributed by atoms with E-state index in [0.29, 0.717) is 12.0 Å². The number of aromatic nitrogens is 2. The molecule has 1 rings (SSSR count). The van der Waals surface area contributed by atoms with Crippen LogP contribution in [0.25, 0.3) is 0 Å². The van der Waals surface area contributed by atoms with Crippen LogP contribution in [-0.2, 0) is 11.2 Å². The molecule has 0 aliphatic heterocycles. The third kappa shape index (κ3) is 2.36. The van der Waals surface area contributed by atoms with E-state index < -0.39 is 11.5 Å². The van der Waals surface area contributed by atoms with Crippen molar-refractivity contribution in [2.24, 2.45) is 0 Å². The fourth-order valence-electron chi connectivity index (χ4n) is 1.21. The lowest BCUT2D eigenvalue weighted by molar-refractivity contribution is 0.0522. The van der Waals surface area contributed by atoms with Gasteiger partial charge in [-0.25, -0.2) is 9.89 Å². The molecular weight excluding hydrogens is 220 g/mol. The van der Waals surface area contributed by atoms with Crippen LogP contribution in [0.2, 0.25) is 5.15 Å². The molecule has 0 aliphatic carbocycles. The van der Waals surface area contributed by atoms with E-state index in [1.54, 1.807) is 13.8 Å². The Morgan fingerprint density at radius 3 is 2.73 bits per heavy atom. The second-order valence-electron chi connectivity index (χ2n) is 2.77. The molecule has 0 aliphatic rings. The number of carbonyl (C=O) groups is 1. The van der Waals surface area contributed by atoms with Gasteiger partial charge in [0.2, 0.25) is 0 Å². The fraction of sp³-hybridized carbons (Fsp3) is 0.444. The van der Waals surface area contributed by atoms with Crippen LogP contribution in [0, 0.1) is 0 Å². The summed E-state index contributed by atoms with van der Waals surface area (Å²) in [6.07, 6.45) is 0.448. The smallest absolute Gasteiger partial charge is 0.344 e. The lowest BCUT2D eigenvalue weighted by atomic mass is 10.1. The number of nitrogens with one attached hydrogen (secondary N) is 1. The molecule has 0 unspecified atom stereocenters. The summed E-state index contributed by atoms with van der Waals surface area (Å²) < 4.78 is 4.76. The second-order valence-corrected chi connectivity index (χ2v) is 3.13. The zero-order chi connectivity index (χ0) is 11.4. The van der Waals surface area contributed by atoms with Crippen LogP contribution in [0.3, 0.4) is 0 Å². The van der Waals surface area contributed by atoms with Gasteiger partial charge in [-0.05, 0) is 13.3 Å². The first-order valence-electron chi connectivity index (χ1n) is 4.56. The van der Waals surface area contributed by atoms with Crippen molar-refractivity contribution in [3.63, 3.8) is 0 Å². The molecular formula is C9H11ClN2O3. The number of rotatable bonds is 3. The van der Waals surface area contributed by atoms with Gasteiger partial charge in [0.15, 0.2) is 5.15 Å². The topological polar surface area (TPSA) is 72.0 Å². The third-order valence-electron chi connectivity index (χ3n) is 1.87. The van der Waals surface area contributed by atoms with Crippen molar-refractivity contribution in [1.82, 2.24) is 10.2 Å². The maximum atomic E-state index is 11.5. The maximum absolute atomic E-state index is 11.5. The number of esters is 1. The van der Waals surface area contributed by atoms with Crippen LogP contribution in [0.15, 0.2) is 4.79 Å². The molecule has 82 valence electrons. The Morgan fingerprint density at radius 2 is 2.20 bits per heavy atom. The van der Waals surface area contributed by atoms with Gasteiger partial charge < -0.3 is 4.74 Å². The predicted octanol–water partition coefficient (Wildman–Crippen LogP) is 1.16. The van der Waals surface area contributed by atoms with E-state index >= 15 is 0 Å². The van der Waals surface area contributed by atoms with Crippen molar-refractivity contribution in [1.29, 1.82) is 0 Å². The molecule has 1 aromatic rings. The number of ether oxygens (including phenoxy) is 1. The van der Waals surface area contributed by atoms with Crippen LogP contribution in [0.4, 0.5) is 0 Å². The van der Waals surface area contributed by atoms with Crippen LogP contribution in [0.1, 0.15) is 29.8 Å². The molecule has 0 aromatic carbocycles. The molecule has 0 saturated heterocycles. The molecule has 0 atom stereocenters. The van der Waals surface area contributed by atoms with Crippen molar-refractivity contribution >= 4 is 17.6 Å². The fourth-order valence-corrected chi connectivity index (χ4v) is 1.48. The first-order chi connectivity index (χ1) is 7.11. The largest absolute Gasteiger partial charge is 0.462 e. The Balaban J connectivity index is 3.31. The molecule has 0 saturated carbocycles. The number of hydrogen-bond acceptors (Lipinski definition) is 4. The van der Waals surface area contributed by atoms with Gasteiger partial charge in [-0.2, -0.15) is 5.10 Å². The summed E-state index contributed by atoms with van der Waals surface area (Å²) in [7, 11) is 0. The number of aromatic amines is 1. The Hall–Kier alpha value is -1.36. The lowest BCUT2D eigenvalue weighted by Gasteiger charge is -2.06. The highest BCUT2D eigenvalue weighted by molar-refractivity contribution is 6.30. The highest BCUT2D eigenvalue weighted by Crippen LogP contribution is 2.14. The monoisotopic (exact) mass is 230 g/mol. The van der Waals surface area contributed by atoms with E-state index in [1.165, 1.54) is 0 Å². The standard InChI is InChI=1S/C9H11ClN2O3/c1-3-5-6(9(14)15-4-2)8(13)12-11-7(5)10/h3-4H2,1-2H3,(H,12,13). The first-order valence-corrected chi connectivity index (χ1v) is 4.93. The van der Waals surface area contributed by atoms with Gasteiger partial charge in [0, 0.05) is 5.56 Å². The van der Waals surface area contributed by atoms with E-state index in [1.807, 2.05) is 0 Å². The molecule has 5 nitrogen and oxygen atoms in total. The number of nitrogens with zero attached hydrogens (tertiary/aromatic N) is 1. The number of hydrogen-bond donors (Lipinski definition) is 1. The molecule has 0 amide bonds. The Bertz CT molecular complexity index is 428. The minimum atomic E-state index is -0.667. The average Bonchev–Trinajstić information content (AvgIpc) is 2.21. The SMILES string of the molecule is CCOC(=O)c1c(CC)c(Cl)n[nH]c1=O. The molecule has 1 heterocycles. The summed E-state index contributed by atoms with van der Waals surface area (Å²) in [4.78, 5) is 22.9. The summed E-state index contributed by atoms with van der Waals surface area (Å²) in [6.45, 7) is 3.66. The molecule has 1 aromatic heterocycles. The van der Waals surface area contributed by atoms with Crippen LogP contribution < -0.4 is 5.56 Å².